The van der Waals surface area contributed by atoms with Gasteiger partial charge in [0.2, 0.25) is 0 Å². The van der Waals surface area contributed by atoms with E-state index in [4.69, 9.17) is 14.2 Å². The summed E-state index contributed by atoms with van der Waals surface area (Å²) < 4.78 is 18.2. The highest BCUT2D eigenvalue weighted by molar-refractivity contribution is 9.10. The number of halogens is 1. The number of hydrogen-bond donors (Lipinski definition) is 1. The SMILES string of the molecule is CCOc1ccc(C(=O)N/N=C/c2cc(Br)ccc2OCc2cccc3ccccc23)cc1OCC. The summed E-state index contributed by atoms with van der Waals surface area (Å²) in [6, 6.07) is 25.1. The molecule has 0 heterocycles. The van der Waals surface area contributed by atoms with E-state index < -0.39 is 0 Å². The fraction of sp³-hybridized carbons (Fsp3) is 0.172. The number of nitrogens with one attached hydrogen (secondary N) is 1. The zero-order valence-corrected chi connectivity index (χ0v) is 21.7. The van der Waals surface area contributed by atoms with Crippen molar-refractivity contribution in [3.8, 4) is 17.2 Å². The average Bonchev–Trinajstić information content (AvgIpc) is 2.89. The lowest BCUT2D eigenvalue weighted by Gasteiger charge is -2.12. The number of ether oxygens (including phenoxy) is 3. The Hall–Kier alpha value is -3.84. The van der Waals surface area contributed by atoms with Gasteiger partial charge in [-0.2, -0.15) is 5.10 Å². The van der Waals surface area contributed by atoms with Crippen molar-refractivity contribution < 1.29 is 19.0 Å². The first kappa shape index (κ1) is 25.3. The van der Waals surface area contributed by atoms with Gasteiger partial charge in [0, 0.05) is 15.6 Å². The Morgan fingerprint density at radius 2 is 1.61 bits per heavy atom. The minimum Gasteiger partial charge on any atom is -0.490 e. The maximum absolute atomic E-state index is 12.7. The van der Waals surface area contributed by atoms with Crippen LogP contribution in [-0.4, -0.2) is 25.3 Å². The molecule has 0 bridgehead atoms. The van der Waals surface area contributed by atoms with Gasteiger partial charge < -0.3 is 14.2 Å². The van der Waals surface area contributed by atoms with Crippen LogP contribution >= 0.6 is 15.9 Å². The molecule has 0 aromatic heterocycles. The summed E-state index contributed by atoms with van der Waals surface area (Å²) in [6.07, 6.45) is 1.57. The quantitative estimate of drug-likeness (QED) is 0.176. The standard InChI is InChI=1S/C29H27BrN2O4/c1-3-34-27-14-12-21(17-28(27)35-4-2)29(33)32-31-18-23-16-24(30)13-15-26(23)36-19-22-10-7-9-20-8-5-6-11-25(20)22/h5-18H,3-4,19H2,1-2H3,(H,32,33)/b31-18+. The van der Waals surface area contributed by atoms with Crippen molar-refractivity contribution in [2.75, 3.05) is 13.2 Å². The molecule has 6 nitrogen and oxygen atoms in total. The number of carbonyl (C=O) groups is 1. The van der Waals surface area contributed by atoms with Gasteiger partial charge in [0.1, 0.15) is 12.4 Å². The molecule has 4 rings (SSSR count). The highest BCUT2D eigenvalue weighted by atomic mass is 79.9. The molecule has 0 saturated carbocycles. The topological polar surface area (TPSA) is 69.2 Å². The summed E-state index contributed by atoms with van der Waals surface area (Å²) in [5.74, 6) is 1.42. The van der Waals surface area contributed by atoms with Crippen LogP contribution in [0.15, 0.2) is 88.4 Å². The minimum absolute atomic E-state index is 0.358. The Morgan fingerprint density at radius 3 is 2.44 bits per heavy atom. The Kier molecular flexibility index (Phi) is 8.57. The lowest BCUT2D eigenvalue weighted by Crippen LogP contribution is -2.18. The predicted molar refractivity (Wildman–Crippen MR) is 146 cm³/mol. The van der Waals surface area contributed by atoms with Crippen LogP contribution in [0.5, 0.6) is 17.2 Å². The zero-order chi connectivity index (χ0) is 25.3. The molecule has 0 aliphatic carbocycles. The van der Waals surface area contributed by atoms with Crippen LogP contribution in [0.4, 0.5) is 0 Å². The highest BCUT2D eigenvalue weighted by Gasteiger charge is 2.11. The van der Waals surface area contributed by atoms with E-state index in [2.05, 4.69) is 50.7 Å². The number of benzene rings is 4. The number of fused-ring (bicyclic) bond motifs is 1. The molecule has 4 aromatic carbocycles. The van der Waals surface area contributed by atoms with E-state index in [1.54, 1.807) is 24.4 Å². The highest BCUT2D eigenvalue weighted by Crippen LogP contribution is 2.29. The summed E-state index contributed by atoms with van der Waals surface area (Å²) in [6.45, 7) is 5.15. The predicted octanol–water partition coefficient (Wildman–Crippen LogP) is 6.74. The van der Waals surface area contributed by atoms with Gasteiger partial charge in [-0.05, 0) is 66.6 Å². The molecule has 0 aliphatic heterocycles. The first-order chi connectivity index (χ1) is 17.6. The maximum atomic E-state index is 12.7. The summed E-state index contributed by atoms with van der Waals surface area (Å²) in [5, 5.41) is 6.48. The monoisotopic (exact) mass is 546 g/mol. The van der Waals surface area contributed by atoms with Gasteiger partial charge in [-0.25, -0.2) is 5.43 Å². The van der Waals surface area contributed by atoms with E-state index in [9.17, 15) is 4.79 Å². The third-order valence-electron chi connectivity index (χ3n) is 5.41. The molecule has 0 radical (unpaired) electrons. The molecule has 36 heavy (non-hydrogen) atoms. The van der Waals surface area contributed by atoms with Crippen LogP contribution in [0.25, 0.3) is 10.8 Å². The van der Waals surface area contributed by atoms with Crippen LogP contribution in [0, 0.1) is 0 Å². The number of hydrazone groups is 1. The van der Waals surface area contributed by atoms with Crippen molar-refractivity contribution in [2.24, 2.45) is 5.10 Å². The van der Waals surface area contributed by atoms with Gasteiger partial charge in [0.05, 0.1) is 19.4 Å². The van der Waals surface area contributed by atoms with Crippen molar-refractivity contribution in [2.45, 2.75) is 20.5 Å². The van der Waals surface area contributed by atoms with Gasteiger partial charge in [0.25, 0.3) is 5.91 Å². The first-order valence-electron chi connectivity index (χ1n) is 11.7. The van der Waals surface area contributed by atoms with Crippen LogP contribution in [0.1, 0.15) is 35.3 Å². The van der Waals surface area contributed by atoms with E-state index in [1.807, 2.05) is 50.2 Å². The van der Waals surface area contributed by atoms with Crippen molar-refractivity contribution >= 4 is 38.8 Å². The van der Waals surface area contributed by atoms with E-state index >= 15 is 0 Å². The molecule has 0 fully saturated rings. The summed E-state index contributed by atoms with van der Waals surface area (Å²) in [7, 11) is 0. The Labute approximate surface area is 219 Å². The summed E-state index contributed by atoms with van der Waals surface area (Å²) in [5.41, 5.74) is 4.81. The molecule has 0 unspecified atom stereocenters. The molecular weight excluding hydrogens is 520 g/mol. The van der Waals surface area contributed by atoms with Gasteiger partial charge in [-0.3, -0.25) is 4.79 Å². The molecule has 7 heteroatoms. The molecule has 184 valence electrons. The Morgan fingerprint density at radius 1 is 0.861 bits per heavy atom. The zero-order valence-electron chi connectivity index (χ0n) is 20.2. The molecule has 4 aromatic rings. The summed E-state index contributed by atoms with van der Waals surface area (Å²) in [4.78, 5) is 12.7. The average molecular weight is 547 g/mol. The van der Waals surface area contributed by atoms with Gasteiger partial charge in [-0.15, -0.1) is 0 Å². The second-order valence-corrected chi connectivity index (χ2v) is 8.75. The van der Waals surface area contributed by atoms with Crippen LogP contribution < -0.4 is 19.6 Å². The van der Waals surface area contributed by atoms with E-state index in [-0.39, 0.29) is 5.91 Å². The van der Waals surface area contributed by atoms with Crippen LogP contribution in [-0.2, 0) is 6.61 Å². The van der Waals surface area contributed by atoms with Crippen molar-refractivity contribution in [1.29, 1.82) is 0 Å². The maximum Gasteiger partial charge on any atom is 0.271 e. The molecule has 1 N–H and O–H groups in total. The number of rotatable bonds is 10. The molecule has 0 spiro atoms. The number of carbonyl (C=O) groups excluding carboxylic acids is 1. The van der Waals surface area contributed by atoms with Gasteiger partial charge >= 0.3 is 0 Å². The van der Waals surface area contributed by atoms with E-state index in [1.165, 1.54) is 5.39 Å². The van der Waals surface area contributed by atoms with Crippen molar-refractivity contribution in [1.82, 2.24) is 5.43 Å². The molecule has 0 saturated heterocycles. The summed E-state index contributed by atoms with van der Waals surface area (Å²) >= 11 is 3.49. The Bertz CT molecular complexity index is 1380. The molecular formula is C29H27BrN2O4. The Balaban J connectivity index is 1.47. The largest absolute Gasteiger partial charge is 0.490 e. The van der Waals surface area contributed by atoms with Crippen molar-refractivity contribution in [3.63, 3.8) is 0 Å². The van der Waals surface area contributed by atoms with Crippen LogP contribution in [0.2, 0.25) is 0 Å². The molecule has 1 amide bonds. The van der Waals surface area contributed by atoms with E-state index in [0.717, 1.165) is 21.0 Å². The lowest BCUT2D eigenvalue weighted by atomic mass is 10.1. The third kappa shape index (κ3) is 6.23. The smallest absolute Gasteiger partial charge is 0.271 e. The second-order valence-electron chi connectivity index (χ2n) is 7.84. The van der Waals surface area contributed by atoms with Gasteiger partial charge in [-0.1, -0.05) is 58.4 Å². The number of nitrogens with zero attached hydrogens (tertiary/aromatic N) is 1. The lowest BCUT2D eigenvalue weighted by molar-refractivity contribution is 0.0954. The minimum atomic E-state index is -0.358. The third-order valence-corrected chi connectivity index (χ3v) is 5.90. The fourth-order valence-electron chi connectivity index (χ4n) is 3.74. The van der Waals surface area contributed by atoms with Crippen molar-refractivity contribution in [3.05, 3.63) is 100 Å². The first-order valence-corrected chi connectivity index (χ1v) is 12.5. The fourth-order valence-corrected chi connectivity index (χ4v) is 4.12. The number of amides is 1. The van der Waals surface area contributed by atoms with E-state index in [0.29, 0.717) is 42.6 Å². The second kappa shape index (κ2) is 12.2. The number of hydrogen-bond acceptors (Lipinski definition) is 5. The van der Waals surface area contributed by atoms with Gasteiger partial charge in [0.15, 0.2) is 11.5 Å². The normalized spacial score (nSPS) is 11.0. The molecule has 0 aliphatic rings. The molecule has 0 atom stereocenters. The van der Waals surface area contributed by atoms with Crippen LogP contribution in [0.3, 0.4) is 0 Å².